The first-order valence-electron chi connectivity index (χ1n) is 15.1. The maximum absolute atomic E-state index is 12.9. The zero-order valence-corrected chi connectivity index (χ0v) is 35.2. The largest absolute Gasteiger partial charge is 0.344 e. The van der Waals surface area contributed by atoms with Crippen LogP contribution in [-0.2, 0) is 18.9 Å². The minimum Gasteiger partial charge on any atom is -0.344 e. The van der Waals surface area contributed by atoms with Gasteiger partial charge >= 0.3 is 0 Å². The highest BCUT2D eigenvalue weighted by atomic mass is 35.7. The van der Waals surface area contributed by atoms with Crippen molar-refractivity contribution in [2.75, 3.05) is 28.2 Å². The predicted molar refractivity (Wildman–Crippen MR) is 204 cm³/mol. The Labute approximate surface area is 283 Å². The SMILES string of the molecule is CC(c1ccc(S(=O)(Cl)=N[Si](C)(C)C(C)(C)C)cc1)N(C)C.CC(c1ccc(S(N)(=O)=N[Si](C)(C)C(C)(C)C)cc1)N(C)C.N. The van der Waals surface area contributed by atoms with Crippen LogP contribution in [0, 0.1) is 0 Å². The molecule has 4 atom stereocenters. The molecule has 0 aliphatic carbocycles. The van der Waals surface area contributed by atoms with Gasteiger partial charge in [0.2, 0.25) is 0 Å². The normalized spacial score (nSPS) is 16.8. The van der Waals surface area contributed by atoms with Gasteiger partial charge in [0, 0.05) is 22.8 Å². The second-order valence-corrected chi connectivity index (χ2v) is 30.2. The van der Waals surface area contributed by atoms with Crippen LogP contribution in [0.15, 0.2) is 66.4 Å². The van der Waals surface area contributed by atoms with Crippen molar-refractivity contribution < 1.29 is 8.42 Å². The predicted octanol–water partition coefficient (Wildman–Crippen LogP) is 9.47. The summed E-state index contributed by atoms with van der Waals surface area (Å²) >= 11 is 0. The summed E-state index contributed by atoms with van der Waals surface area (Å²) in [6.45, 7) is 25.5. The van der Waals surface area contributed by atoms with Gasteiger partial charge in [0.1, 0.15) is 9.92 Å². The monoisotopic (exact) mass is 718 g/mol. The Bertz CT molecular complexity index is 1370. The Balaban J connectivity index is 0.000000842. The molecule has 4 unspecified atom stereocenters. The lowest BCUT2D eigenvalue weighted by Crippen LogP contribution is -2.37. The number of hydrogen-bond acceptors (Lipinski definition) is 7. The molecule has 0 saturated heterocycles. The van der Waals surface area contributed by atoms with E-state index in [4.69, 9.17) is 15.8 Å². The van der Waals surface area contributed by atoms with E-state index in [-0.39, 0.29) is 16.2 Å². The summed E-state index contributed by atoms with van der Waals surface area (Å²) < 4.78 is 35.0. The number of rotatable bonds is 8. The van der Waals surface area contributed by atoms with E-state index < -0.39 is 35.3 Å². The van der Waals surface area contributed by atoms with E-state index in [1.165, 1.54) is 11.1 Å². The van der Waals surface area contributed by atoms with Crippen LogP contribution in [0.2, 0.25) is 36.3 Å². The summed E-state index contributed by atoms with van der Waals surface area (Å²) in [5.74, 6) is 0. The fourth-order valence-electron chi connectivity index (χ4n) is 3.46. The molecule has 0 amide bonds. The topological polar surface area (TPSA) is 126 Å². The van der Waals surface area contributed by atoms with E-state index in [0.717, 1.165) is 0 Å². The number of halogens is 1. The summed E-state index contributed by atoms with van der Waals surface area (Å²) in [4.78, 5) is 5.49. The van der Waals surface area contributed by atoms with Crippen molar-refractivity contribution in [1.29, 1.82) is 0 Å². The van der Waals surface area contributed by atoms with Gasteiger partial charge in [0.05, 0.1) is 9.79 Å². The molecular weight excluding hydrogens is 656 g/mol. The lowest BCUT2D eigenvalue weighted by molar-refractivity contribution is 0.321. The second kappa shape index (κ2) is 15.9. The molecule has 0 fully saturated rings. The molecule has 260 valence electrons. The Morgan fingerprint density at radius 2 is 0.956 bits per heavy atom. The van der Waals surface area contributed by atoms with Gasteiger partial charge in [-0.25, -0.2) is 13.6 Å². The van der Waals surface area contributed by atoms with Crippen molar-refractivity contribution >= 4 is 46.0 Å². The quantitative estimate of drug-likeness (QED) is 0.208. The van der Waals surface area contributed by atoms with E-state index in [1.807, 2.05) is 76.7 Å². The summed E-state index contributed by atoms with van der Waals surface area (Å²) in [7, 11) is 4.65. The molecule has 0 aliphatic heterocycles. The molecule has 2 rings (SSSR count). The van der Waals surface area contributed by atoms with Gasteiger partial charge in [-0.15, -0.1) is 0 Å². The minimum absolute atomic E-state index is 0. The van der Waals surface area contributed by atoms with Crippen LogP contribution in [0.3, 0.4) is 0 Å². The summed E-state index contributed by atoms with van der Waals surface area (Å²) in [6, 6.07) is 16.0. The number of nitrogens with two attached hydrogens (primary N) is 1. The third-order valence-corrected chi connectivity index (χ3v) is 25.3. The van der Waals surface area contributed by atoms with Crippen molar-refractivity contribution in [3.05, 3.63) is 59.7 Å². The maximum atomic E-state index is 12.9. The smallest absolute Gasteiger partial charge is 0.195 e. The second-order valence-electron chi connectivity index (χ2n) is 15.2. The van der Waals surface area contributed by atoms with Gasteiger partial charge in [0.15, 0.2) is 25.4 Å². The molecule has 5 N–H and O–H groups in total. The summed E-state index contributed by atoms with van der Waals surface area (Å²) in [5.41, 5.74) is 2.35. The third-order valence-electron chi connectivity index (χ3n) is 9.28. The average Bonchev–Trinajstić information content (AvgIpc) is 2.85. The zero-order chi connectivity index (χ0) is 34.7. The van der Waals surface area contributed by atoms with Crippen LogP contribution < -0.4 is 11.3 Å². The molecular formula is C32H63ClN6O2S2Si2. The van der Waals surface area contributed by atoms with Crippen LogP contribution in [0.5, 0.6) is 0 Å². The molecule has 0 spiro atoms. The lowest BCUT2D eigenvalue weighted by Gasteiger charge is -2.32. The van der Waals surface area contributed by atoms with Crippen molar-refractivity contribution in [3.63, 3.8) is 0 Å². The fraction of sp³-hybridized carbons (Fsp3) is 0.625. The molecule has 8 nitrogen and oxygen atoms in total. The van der Waals surface area contributed by atoms with E-state index in [9.17, 15) is 8.42 Å². The highest BCUT2D eigenvalue weighted by Crippen LogP contribution is 2.39. The van der Waals surface area contributed by atoms with E-state index in [1.54, 1.807) is 0 Å². The maximum Gasteiger partial charge on any atom is 0.195 e. The van der Waals surface area contributed by atoms with Gasteiger partial charge in [-0.2, -0.15) is 0 Å². The molecule has 0 heterocycles. The summed E-state index contributed by atoms with van der Waals surface area (Å²) in [5, 5.41) is 6.13. The lowest BCUT2D eigenvalue weighted by atomic mass is 10.1. The zero-order valence-electron chi connectivity index (χ0n) is 30.9. The van der Waals surface area contributed by atoms with Gasteiger partial charge < -0.3 is 16.0 Å². The minimum atomic E-state index is -2.87. The molecule has 0 bridgehead atoms. The van der Waals surface area contributed by atoms with Crippen molar-refractivity contribution in [3.8, 4) is 0 Å². The van der Waals surface area contributed by atoms with Gasteiger partial charge in [-0.05, 0) is 114 Å². The first-order valence-corrected chi connectivity index (χ1v) is 24.9. The molecule has 13 heteroatoms. The van der Waals surface area contributed by atoms with Crippen molar-refractivity contribution in [2.24, 2.45) is 13.2 Å². The number of nitrogens with zero attached hydrogens (tertiary/aromatic N) is 4. The van der Waals surface area contributed by atoms with Crippen LogP contribution in [0.1, 0.15) is 78.6 Å². The molecule has 0 saturated carbocycles. The highest BCUT2D eigenvalue weighted by Gasteiger charge is 2.38. The average molecular weight is 720 g/mol. The molecule has 0 radical (unpaired) electrons. The van der Waals surface area contributed by atoms with Crippen LogP contribution in [-0.4, -0.2) is 62.9 Å². The van der Waals surface area contributed by atoms with Crippen molar-refractivity contribution in [2.45, 2.75) is 114 Å². The van der Waals surface area contributed by atoms with Gasteiger partial charge in [-0.1, -0.05) is 65.8 Å². The molecule has 0 aliphatic rings. The molecule has 2 aromatic rings. The third kappa shape index (κ3) is 12.1. The molecule has 0 aromatic heterocycles. The first kappa shape index (κ1) is 43.9. The first-order chi connectivity index (χ1) is 19.6. The number of hydrogen-bond donors (Lipinski definition) is 2. The highest BCUT2D eigenvalue weighted by molar-refractivity contribution is 8.16. The number of benzene rings is 2. The van der Waals surface area contributed by atoms with Crippen LogP contribution in [0.25, 0.3) is 0 Å². The van der Waals surface area contributed by atoms with E-state index in [0.29, 0.717) is 21.9 Å². The van der Waals surface area contributed by atoms with Crippen LogP contribution in [0.4, 0.5) is 0 Å². The van der Waals surface area contributed by atoms with E-state index in [2.05, 4.69) is 99.4 Å². The molecule has 45 heavy (non-hydrogen) atoms. The molecule has 2 aromatic carbocycles. The van der Waals surface area contributed by atoms with Crippen molar-refractivity contribution in [1.82, 2.24) is 16.0 Å². The Hall–Kier alpha value is -1.10. The Morgan fingerprint density at radius 1 is 0.667 bits per heavy atom. The standard InChI is InChI=1S/C16H29ClN2OSSi.C16H31N3OSSi.H3N/c2*1-13(19(5)6)14-9-11-15(12-10-14)21(17,20)18-22(7,8)16(2,3)4;/h9-13H,1-8H3;9-13H,1-8H3,(H2,17,18,20);1H3. The summed E-state index contributed by atoms with van der Waals surface area (Å²) in [6.07, 6.45) is 0. The Morgan fingerprint density at radius 3 is 1.24 bits per heavy atom. The van der Waals surface area contributed by atoms with Gasteiger partial charge in [-0.3, -0.25) is 8.06 Å². The fourth-order valence-corrected chi connectivity index (χ4v) is 14.4. The van der Waals surface area contributed by atoms with E-state index >= 15 is 0 Å². The van der Waals surface area contributed by atoms with Crippen LogP contribution >= 0.6 is 10.7 Å². The Kier molecular flexibility index (Phi) is 15.5. The van der Waals surface area contributed by atoms with Gasteiger partial charge in [0.25, 0.3) is 0 Å².